The van der Waals surface area contributed by atoms with Gasteiger partial charge in [-0.2, -0.15) is 0 Å². The molecule has 1 amide bonds. The fourth-order valence-electron chi connectivity index (χ4n) is 2.82. The van der Waals surface area contributed by atoms with Gasteiger partial charge in [0.15, 0.2) is 0 Å². The Morgan fingerprint density at radius 1 is 1.55 bits per heavy atom. The number of hydrogen-bond donors (Lipinski definition) is 1. The molecule has 0 aliphatic heterocycles. The van der Waals surface area contributed by atoms with Gasteiger partial charge in [-0.25, -0.2) is 0 Å². The number of carbonyl (C=O) groups is 1. The third-order valence-electron chi connectivity index (χ3n) is 4.13. The Hall–Kier alpha value is -1.13. The van der Waals surface area contributed by atoms with Crippen molar-refractivity contribution in [2.75, 3.05) is 19.6 Å². The third kappa shape index (κ3) is 2.67. The molecule has 0 unspecified atom stereocenters. The molecule has 1 heterocycles. The van der Waals surface area contributed by atoms with E-state index in [9.17, 15) is 4.79 Å². The van der Waals surface area contributed by atoms with Crippen LogP contribution in [0.3, 0.4) is 0 Å². The summed E-state index contributed by atoms with van der Waals surface area (Å²) >= 11 is 1.67. The lowest BCUT2D eigenvalue weighted by atomic mass is 9.99. The number of likely N-dealkylation sites (N-methyl/N-ethyl adjacent to an activating group) is 1. The predicted molar refractivity (Wildman–Crippen MR) is 84.8 cm³/mol. The first-order valence-electron chi connectivity index (χ1n) is 7.39. The Morgan fingerprint density at radius 3 is 2.85 bits per heavy atom. The van der Waals surface area contributed by atoms with Crippen molar-refractivity contribution < 1.29 is 4.79 Å². The minimum atomic E-state index is -0.334. The highest BCUT2D eigenvalue weighted by Gasteiger charge is 2.61. The highest BCUT2D eigenvalue weighted by atomic mass is 32.1. The average molecular weight is 292 g/mol. The molecule has 4 heteroatoms. The zero-order valence-electron chi connectivity index (χ0n) is 12.3. The van der Waals surface area contributed by atoms with Gasteiger partial charge in [-0.15, -0.1) is 11.3 Å². The number of allylic oxidation sites excluding steroid dienone is 1. The van der Waals surface area contributed by atoms with Gasteiger partial charge >= 0.3 is 0 Å². The number of nitrogens with zero attached hydrogens (tertiary/aromatic N) is 1. The van der Waals surface area contributed by atoms with Gasteiger partial charge in [0.25, 0.3) is 0 Å². The van der Waals surface area contributed by atoms with Crippen LogP contribution in [0.2, 0.25) is 0 Å². The molecule has 0 bridgehead atoms. The summed E-state index contributed by atoms with van der Waals surface area (Å²) in [5.74, 6) is 0.552. The lowest BCUT2D eigenvalue weighted by Gasteiger charge is -2.25. The Labute approximate surface area is 125 Å². The minimum Gasteiger partial charge on any atom is -0.338 e. The summed E-state index contributed by atoms with van der Waals surface area (Å²) in [7, 11) is 0. The van der Waals surface area contributed by atoms with Gasteiger partial charge in [-0.3, -0.25) is 4.79 Å². The fraction of sp³-hybridized carbons (Fsp3) is 0.562. The molecule has 110 valence electrons. The summed E-state index contributed by atoms with van der Waals surface area (Å²) in [6.45, 7) is 6.18. The topological polar surface area (TPSA) is 46.3 Å². The van der Waals surface area contributed by atoms with Gasteiger partial charge in [-0.1, -0.05) is 25.1 Å². The van der Waals surface area contributed by atoms with Crippen molar-refractivity contribution in [3.63, 3.8) is 0 Å². The van der Waals surface area contributed by atoms with E-state index in [2.05, 4.69) is 25.1 Å². The SMILES string of the molecule is CCC=CCN(CC)C(=O)[C@@]1(c2cccs2)C[C@H]1CN. The van der Waals surface area contributed by atoms with Crippen molar-refractivity contribution in [2.45, 2.75) is 32.1 Å². The molecule has 2 rings (SSSR count). The van der Waals surface area contributed by atoms with Crippen molar-refractivity contribution >= 4 is 17.2 Å². The molecular weight excluding hydrogens is 268 g/mol. The summed E-state index contributed by atoms with van der Waals surface area (Å²) in [4.78, 5) is 16.1. The second kappa shape index (κ2) is 6.55. The fourth-order valence-corrected chi connectivity index (χ4v) is 3.83. The van der Waals surface area contributed by atoms with Crippen molar-refractivity contribution in [3.05, 3.63) is 34.5 Å². The Morgan fingerprint density at radius 2 is 2.35 bits per heavy atom. The molecule has 0 spiro atoms. The van der Waals surface area contributed by atoms with Gasteiger partial charge in [0.05, 0.1) is 5.41 Å². The summed E-state index contributed by atoms with van der Waals surface area (Å²) in [6.07, 6.45) is 6.11. The van der Waals surface area contributed by atoms with Crippen LogP contribution in [-0.2, 0) is 10.2 Å². The maximum Gasteiger partial charge on any atom is 0.234 e. The number of rotatable bonds is 7. The van der Waals surface area contributed by atoms with E-state index in [1.54, 1.807) is 11.3 Å². The Balaban J connectivity index is 2.18. The predicted octanol–water partition coefficient (Wildman–Crippen LogP) is 2.78. The maximum absolute atomic E-state index is 13.0. The standard InChI is InChI=1S/C16H24N2OS/c1-3-5-6-9-18(4-2)15(19)16(11-13(16)12-17)14-8-7-10-20-14/h5-8,10,13H,3-4,9,11-12,17H2,1-2H3/t13-,16-/m0/s1. The number of amides is 1. The normalized spacial score (nSPS) is 25.1. The summed E-state index contributed by atoms with van der Waals surface area (Å²) in [5, 5.41) is 2.05. The van der Waals surface area contributed by atoms with Gasteiger partial charge in [-0.05, 0) is 43.7 Å². The number of hydrogen-bond acceptors (Lipinski definition) is 3. The lowest BCUT2D eigenvalue weighted by molar-refractivity contribution is -0.133. The molecule has 3 nitrogen and oxygen atoms in total. The molecule has 0 aromatic carbocycles. The molecule has 1 aliphatic carbocycles. The Kier molecular flexibility index (Phi) is 5.00. The highest BCUT2D eigenvalue weighted by molar-refractivity contribution is 7.10. The van der Waals surface area contributed by atoms with E-state index < -0.39 is 0 Å². The van der Waals surface area contributed by atoms with E-state index in [-0.39, 0.29) is 11.3 Å². The largest absolute Gasteiger partial charge is 0.338 e. The molecule has 1 aliphatic rings. The van der Waals surface area contributed by atoms with Crippen LogP contribution in [0, 0.1) is 5.92 Å². The zero-order valence-corrected chi connectivity index (χ0v) is 13.2. The molecule has 2 N–H and O–H groups in total. The van der Waals surface area contributed by atoms with Crippen LogP contribution in [0.25, 0.3) is 0 Å². The van der Waals surface area contributed by atoms with Crippen LogP contribution in [0.15, 0.2) is 29.7 Å². The van der Waals surface area contributed by atoms with Gasteiger partial charge in [0, 0.05) is 18.0 Å². The molecule has 2 atom stereocenters. The van der Waals surface area contributed by atoms with E-state index in [4.69, 9.17) is 5.73 Å². The highest BCUT2D eigenvalue weighted by Crippen LogP contribution is 2.56. The van der Waals surface area contributed by atoms with Gasteiger partial charge in [0.1, 0.15) is 0 Å². The van der Waals surface area contributed by atoms with Crippen LogP contribution in [0.1, 0.15) is 31.6 Å². The molecule has 1 aromatic rings. The summed E-state index contributed by atoms with van der Waals surface area (Å²) < 4.78 is 0. The van der Waals surface area contributed by atoms with Crippen LogP contribution >= 0.6 is 11.3 Å². The minimum absolute atomic E-state index is 0.249. The second-order valence-electron chi connectivity index (χ2n) is 5.31. The zero-order chi connectivity index (χ0) is 14.6. The first kappa shape index (κ1) is 15.3. The van der Waals surface area contributed by atoms with Crippen molar-refractivity contribution in [1.82, 2.24) is 4.90 Å². The van der Waals surface area contributed by atoms with Crippen molar-refractivity contribution in [1.29, 1.82) is 0 Å². The molecule has 1 saturated carbocycles. The molecule has 0 radical (unpaired) electrons. The maximum atomic E-state index is 13.0. The van der Waals surface area contributed by atoms with Gasteiger partial charge < -0.3 is 10.6 Å². The van der Waals surface area contributed by atoms with E-state index in [1.165, 1.54) is 4.88 Å². The number of nitrogens with two attached hydrogens (primary N) is 1. The third-order valence-corrected chi connectivity index (χ3v) is 5.18. The van der Waals surface area contributed by atoms with E-state index >= 15 is 0 Å². The Bertz CT molecular complexity index is 469. The molecule has 1 aromatic heterocycles. The first-order chi connectivity index (χ1) is 9.70. The van der Waals surface area contributed by atoms with E-state index in [0.717, 1.165) is 19.4 Å². The molecule has 1 fully saturated rings. The van der Waals surface area contributed by atoms with Crippen LogP contribution in [0.4, 0.5) is 0 Å². The summed E-state index contributed by atoms with van der Waals surface area (Å²) in [6, 6.07) is 4.10. The van der Waals surface area contributed by atoms with E-state index in [0.29, 0.717) is 19.0 Å². The quantitative estimate of drug-likeness (QED) is 0.786. The average Bonchev–Trinajstić information content (AvgIpc) is 2.96. The van der Waals surface area contributed by atoms with Crippen LogP contribution < -0.4 is 5.73 Å². The van der Waals surface area contributed by atoms with Crippen molar-refractivity contribution in [2.24, 2.45) is 11.7 Å². The molecule has 0 saturated heterocycles. The van der Waals surface area contributed by atoms with Gasteiger partial charge in [0.2, 0.25) is 5.91 Å². The number of thiophene rings is 1. The van der Waals surface area contributed by atoms with Crippen molar-refractivity contribution in [3.8, 4) is 0 Å². The van der Waals surface area contributed by atoms with Crippen LogP contribution in [0.5, 0.6) is 0 Å². The number of carbonyl (C=O) groups excluding carboxylic acids is 1. The molecular formula is C16H24N2OS. The van der Waals surface area contributed by atoms with Crippen LogP contribution in [-0.4, -0.2) is 30.4 Å². The monoisotopic (exact) mass is 292 g/mol. The smallest absolute Gasteiger partial charge is 0.234 e. The molecule has 20 heavy (non-hydrogen) atoms. The summed E-state index contributed by atoms with van der Waals surface area (Å²) in [5.41, 5.74) is 5.50. The second-order valence-corrected chi connectivity index (χ2v) is 6.26. The lowest BCUT2D eigenvalue weighted by Crippen LogP contribution is -2.40. The first-order valence-corrected chi connectivity index (χ1v) is 8.27. The van der Waals surface area contributed by atoms with E-state index in [1.807, 2.05) is 23.3 Å².